The van der Waals surface area contributed by atoms with Gasteiger partial charge in [0.2, 0.25) is 0 Å². The molecular weight excluding hydrogens is 174 g/mol. The molecule has 1 atom stereocenters. The molecule has 1 unspecified atom stereocenters. The molecule has 0 aromatic rings. The molecule has 0 radical (unpaired) electrons. The summed E-state index contributed by atoms with van der Waals surface area (Å²) in [7, 11) is 0. The molecule has 1 rings (SSSR count). The molecule has 0 spiro atoms. The quantitative estimate of drug-likeness (QED) is 0.681. The summed E-state index contributed by atoms with van der Waals surface area (Å²) < 4.78 is 5.54. The average molecular weight is 191 g/mol. The molecule has 76 valence electrons. The van der Waals surface area contributed by atoms with Crippen LogP contribution in [0.15, 0.2) is 48.0 Å². The van der Waals surface area contributed by atoms with Crippen LogP contribution in [0.5, 0.6) is 0 Å². The topological polar surface area (TPSA) is 35.2 Å². The Bertz CT molecular complexity index is 319. The van der Waals surface area contributed by atoms with E-state index >= 15 is 0 Å². The second-order valence-corrected chi connectivity index (χ2v) is 3.63. The molecule has 14 heavy (non-hydrogen) atoms. The van der Waals surface area contributed by atoms with Gasteiger partial charge in [-0.05, 0) is 39.0 Å². The molecule has 0 fully saturated rings. The second-order valence-electron chi connectivity index (χ2n) is 3.63. The van der Waals surface area contributed by atoms with Crippen LogP contribution in [0.1, 0.15) is 20.8 Å². The fourth-order valence-electron chi connectivity index (χ4n) is 1.04. The molecule has 2 N–H and O–H groups in total. The number of allylic oxidation sites excluding steroid dienone is 5. The third-order valence-corrected chi connectivity index (χ3v) is 2.01. The Labute approximate surface area is 85.4 Å². The lowest BCUT2D eigenvalue weighted by Gasteiger charge is -2.12. The first-order chi connectivity index (χ1) is 6.53. The van der Waals surface area contributed by atoms with Gasteiger partial charge in [-0.2, -0.15) is 0 Å². The smallest absolute Gasteiger partial charge is 0.126 e. The van der Waals surface area contributed by atoms with Gasteiger partial charge in [0, 0.05) is 0 Å². The lowest BCUT2D eigenvalue weighted by Crippen LogP contribution is -2.30. The predicted molar refractivity (Wildman–Crippen MR) is 59.5 cm³/mol. The van der Waals surface area contributed by atoms with Gasteiger partial charge in [0.05, 0.1) is 11.3 Å². The number of nitrogens with two attached hydrogens (primary N) is 1. The minimum Gasteiger partial charge on any atom is -0.462 e. The van der Waals surface area contributed by atoms with Crippen LogP contribution in [0, 0.1) is 0 Å². The molecule has 0 amide bonds. The third kappa shape index (κ3) is 3.23. The van der Waals surface area contributed by atoms with Crippen LogP contribution in [0.25, 0.3) is 0 Å². The van der Waals surface area contributed by atoms with Crippen molar-refractivity contribution in [3.05, 3.63) is 48.0 Å². The molecule has 1 aliphatic rings. The molecule has 0 saturated carbocycles. The van der Waals surface area contributed by atoms with E-state index < -0.39 is 0 Å². The molecule has 0 aliphatic heterocycles. The predicted octanol–water partition coefficient (Wildman–Crippen LogP) is 2.65. The van der Waals surface area contributed by atoms with Crippen molar-refractivity contribution >= 4 is 0 Å². The van der Waals surface area contributed by atoms with E-state index in [9.17, 15) is 0 Å². The highest BCUT2D eigenvalue weighted by Crippen LogP contribution is 2.14. The van der Waals surface area contributed by atoms with Crippen LogP contribution in [0.4, 0.5) is 0 Å². The minimum absolute atomic E-state index is 0.383. The Morgan fingerprint density at radius 1 is 1.50 bits per heavy atom. The van der Waals surface area contributed by atoms with Crippen molar-refractivity contribution in [1.82, 2.24) is 0 Å². The van der Waals surface area contributed by atoms with E-state index in [0.717, 1.165) is 11.5 Å². The zero-order chi connectivity index (χ0) is 10.6. The first kappa shape index (κ1) is 10.8. The molecular formula is C12H17NO. The first-order valence-corrected chi connectivity index (χ1v) is 4.72. The second kappa shape index (κ2) is 4.29. The van der Waals surface area contributed by atoms with E-state index in [4.69, 9.17) is 10.5 Å². The zero-order valence-corrected chi connectivity index (χ0v) is 8.95. The fourth-order valence-corrected chi connectivity index (χ4v) is 1.04. The minimum atomic E-state index is -0.383. The highest BCUT2D eigenvalue weighted by Gasteiger charge is 2.11. The fraction of sp³-hybridized carbons (Fsp3) is 0.333. The Kier molecular flexibility index (Phi) is 3.31. The maximum atomic E-state index is 5.93. The van der Waals surface area contributed by atoms with E-state index in [1.54, 1.807) is 0 Å². The van der Waals surface area contributed by atoms with Gasteiger partial charge in [-0.25, -0.2) is 0 Å². The first-order valence-electron chi connectivity index (χ1n) is 4.72. The molecule has 0 saturated heterocycles. The summed E-state index contributed by atoms with van der Waals surface area (Å²) in [5.41, 5.74) is 5.54. The van der Waals surface area contributed by atoms with Gasteiger partial charge < -0.3 is 10.5 Å². The van der Waals surface area contributed by atoms with Gasteiger partial charge in [0.1, 0.15) is 5.76 Å². The van der Waals surface area contributed by atoms with Crippen molar-refractivity contribution in [3.63, 3.8) is 0 Å². The third-order valence-electron chi connectivity index (χ3n) is 2.01. The van der Waals surface area contributed by atoms with Crippen molar-refractivity contribution in [3.8, 4) is 0 Å². The summed E-state index contributed by atoms with van der Waals surface area (Å²) in [4.78, 5) is 0. The molecule has 1 aliphatic carbocycles. The maximum absolute atomic E-state index is 5.93. The van der Waals surface area contributed by atoms with Gasteiger partial charge >= 0.3 is 0 Å². The number of ether oxygens (including phenoxy) is 1. The van der Waals surface area contributed by atoms with E-state index in [-0.39, 0.29) is 5.54 Å². The maximum Gasteiger partial charge on any atom is 0.126 e. The Hall–Kier alpha value is -1.28. The van der Waals surface area contributed by atoms with Crippen LogP contribution in [0.2, 0.25) is 0 Å². The van der Waals surface area contributed by atoms with Crippen molar-refractivity contribution in [1.29, 1.82) is 0 Å². The molecule has 0 bridgehead atoms. The van der Waals surface area contributed by atoms with Crippen molar-refractivity contribution in [2.45, 2.75) is 26.3 Å². The summed E-state index contributed by atoms with van der Waals surface area (Å²) in [6.45, 7) is 5.81. The summed E-state index contributed by atoms with van der Waals surface area (Å²) >= 11 is 0. The molecule has 2 nitrogen and oxygen atoms in total. The van der Waals surface area contributed by atoms with E-state index in [1.165, 1.54) is 0 Å². The van der Waals surface area contributed by atoms with Gasteiger partial charge in [-0.15, -0.1) is 0 Å². The lowest BCUT2D eigenvalue weighted by atomic mass is 10.0. The summed E-state index contributed by atoms with van der Waals surface area (Å²) in [6, 6.07) is 0. The largest absolute Gasteiger partial charge is 0.462 e. The van der Waals surface area contributed by atoms with Crippen molar-refractivity contribution < 1.29 is 4.74 Å². The van der Waals surface area contributed by atoms with Gasteiger partial charge in [0.15, 0.2) is 0 Å². The molecule has 0 aromatic heterocycles. The van der Waals surface area contributed by atoms with E-state index in [1.807, 2.05) is 57.2 Å². The number of hydrogen-bond acceptors (Lipinski definition) is 2. The standard InChI is InChI=1S/C12H17NO/c1-4-10(2)14-11-6-5-8-12(3,13)9-7-11/h4-9H,13H2,1-3H3. The van der Waals surface area contributed by atoms with Gasteiger partial charge in [0.25, 0.3) is 0 Å². The zero-order valence-electron chi connectivity index (χ0n) is 8.95. The van der Waals surface area contributed by atoms with Crippen LogP contribution >= 0.6 is 0 Å². The highest BCUT2D eigenvalue weighted by molar-refractivity contribution is 5.31. The van der Waals surface area contributed by atoms with Crippen molar-refractivity contribution in [2.24, 2.45) is 5.73 Å². The van der Waals surface area contributed by atoms with Crippen LogP contribution in [-0.4, -0.2) is 5.54 Å². The Morgan fingerprint density at radius 3 is 2.86 bits per heavy atom. The van der Waals surface area contributed by atoms with E-state index in [2.05, 4.69) is 0 Å². The summed E-state index contributed by atoms with van der Waals surface area (Å²) in [5.74, 6) is 1.70. The lowest BCUT2D eigenvalue weighted by molar-refractivity contribution is 0.321. The Morgan fingerprint density at radius 2 is 2.21 bits per heavy atom. The van der Waals surface area contributed by atoms with Crippen LogP contribution in [-0.2, 0) is 4.74 Å². The normalized spacial score (nSPS) is 27.1. The molecule has 2 heteroatoms. The average Bonchev–Trinajstić information content (AvgIpc) is 2.28. The van der Waals surface area contributed by atoms with Gasteiger partial charge in [-0.1, -0.05) is 18.2 Å². The molecule has 0 aromatic carbocycles. The van der Waals surface area contributed by atoms with Gasteiger partial charge in [-0.3, -0.25) is 0 Å². The summed E-state index contributed by atoms with van der Waals surface area (Å²) in [5, 5.41) is 0. The van der Waals surface area contributed by atoms with E-state index in [0.29, 0.717) is 0 Å². The highest BCUT2D eigenvalue weighted by atomic mass is 16.5. The number of hydrogen-bond donors (Lipinski definition) is 1. The number of rotatable bonds is 2. The SMILES string of the molecule is CC=C(C)OC1=CC=CC(C)(N)C=C1. The van der Waals surface area contributed by atoms with Crippen LogP contribution < -0.4 is 5.73 Å². The Balaban J connectivity index is 2.75. The van der Waals surface area contributed by atoms with Crippen molar-refractivity contribution in [2.75, 3.05) is 0 Å². The monoisotopic (exact) mass is 191 g/mol. The summed E-state index contributed by atoms with van der Waals surface area (Å²) in [6.07, 6.45) is 11.5. The molecule has 0 heterocycles. The van der Waals surface area contributed by atoms with Crippen LogP contribution in [0.3, 0.4) is 0 Å².